The smallest absolute Gasteiger partial charge is 0.207 e. The molecule has 0 saturated heterocycles. The lowest BCUT2D eigenvalue weighted by Crippen LogP contribution is -2.18. The number of nitrogens with zero attached hydrogens (tertiary/aromatic N) is 2. The fourth-order valence-electron chi connectivity index (χ4n) is 1.91. The molecule has 1 heterocycles. The summed E-state index contributed by atoms with van der Waals surface area (Å²) in [5, 5.41) is 3.40. The topological polar surface area (TPSA) is 46.9 Å². The highest BCUT2D eigenvalue weighted by atomic mass is 35.5. The van der Waals surface area contributed by atoms with E-state index in [0.29, 0.717) is 18.0 Å². The third kappa shape index (κ3) is 3.11. The fourth-order valence-corrected chi connectivity index (χ4v) is 2.03. The zero-order chi connectivity index (χ0) is 12.8. The van der Waals surface area contributed by atoms with Gasteiger partial charge in [-0.15, -0.1) is 0 Å². The molecule has 1 amide bonds. The number of hydrogen-bond acceptors (Lipinski definition) is 2. The summed E-state index contributed by atoms with van der Waals surface area (Å²) in [7, 11) is 0. The Labute approximate surface area is 111 Å². The van der Waals surface area contributed by atoms with E-state index in [4.69, 9.17) is 11.6 Å². The van der Waals surface area contributed by atoms with Gasteiger partial charge in [-0.2, -0.15) is 0 Å². The van der Waals surface area contributed by atoms with Crippen molar-refractivity contribution >= 4 is 18.0 Å². The molecule has 2 rings (SSSR count). The largest absolute Gasteiger partial charge is 0.359 e. The standard InChI is InChI=1S/C13H14ClN3O/c14-12-3-1-11(2-4-12)13(5-6-16-10-18)17-8-7-15-9-17/h1-4,7-10,13H,5-6H2,(H,16,18). The second-order valence-electron chi connectivity index (χ2n) is 3.94. The Kier molecular flexibility index (Phi) is 4.36. The number of aromatic nitrogens is 2. The van der Waals surface area contributed by atoms with E-state index in [9.17, 15) is 4.79 Å². The minimum Gasteiger partial charge on any atom is -0.359 e. The normalized spacial score (nSPS) is 12.1. The van der Waals surface area contributed by atoms with Crippen molar-refractivity contribution in [3.8, 4) is 0 Å². The van der Waals surface area contributed by atoms with Gasteiger partial charge in [-0.3, -0.25) is 4.79 Å². The molecular weight excluding hydrogens is 250 g/mol. The molecule has 0 spiro atoms. The maximum Gasteiger partial charge on any atom is 0.207 e. The molecule has 5 heteroatoms. The van der Waals surface area contributed by atoms with Crippen molar-refractivity contribution in [2.45, 2.75) is 12.5 Å². The Balaban J connectivity index is 2.18. The highest BCUT2D eigenvalue weighted by Crippen LogP contribution is 2.23. The number of nitrogens with one attached hydrogen (secondary N) is 1. The maximum atomic E-state index is 10.3. The minimum atomic E-state index is 0.150. The molecule has 0 aliphatic heterocycles. The molecule has 94 valence electrons. The quantitative estimate of drug-likeness (QED) is 0.642. The molecule has 0 aliphatic rings. The van der Waals surface area contributed by atoms with Crippen molar-refractivity contribution in [2.24, 2.45) is 0 Å². The summed E-state index contributed by atoms with van der Waals surface area (Å²) in [6.45, 7) is 0.620. The van der Waals surface area contributed by atoms with Gasteiger partial charge in [0.15, 0.2) is 0 Å². The van der Waals surface area contributed by atoms with Crippen molar-refractivity contribution < 1.29 is 4.79 Å². The van der Waals surface area contributed by atoms with E-state index in [1.807, 2.05) is 35.0 Å². The van der Waals surface area contributed by atoms with E-state index >= 15 is 0 Å². The summed E-state index contributed by atoms with van der Waals surface area (Å²) in [5.41, 5.74) is 1.14. The van der Waals surface area contributed by atoms with E-state index in [0.717, 1.165) is 12.0 Å². The summed E-state index contributed by atoms with van der Waals surface area (Å²) < 4.78 is 2.02. The molecular formula is C13H14ClN3O. The first-order valence-corrected chi connectivity index (χ1v) is 6.09. The molecule has 0 fully saturated rings. The SMILES string of the molecule is O=CNCCC(c1ccc(Cl)cc1)n1ccnc1. The van der Waals surface area contributed by atoms with Crippen LogP contribution in [0, 0.1) is 0 Å². The Bertz CT molecular complexity index is 481. The highest BCUT2D eigenvalue weighted by molar-refractivity contribution is 6.30. The third-order valence-corrected chi connectivity index (χ3v) is 3.04. The molecule has 18 heavy (non-hydrogen) atoms. The lowest BCUT2D eigenvalue weighted by atomic mass is 10.0. The molecule has 0 saturated carbocycles. The summed E-state index contributed by atoms with van der Waals surface area (Å²) in [6.07, 6.45) is 6.96. The van der Waals surface area contributed by atoms with Crippen LogP contribution in [0.25, 0.3) is 0 Å². The molecule has 1 aromatic heterocycles. The molecule has 4 nitrogen and oxygen atoms in total. The number of imidazole rings is 1. The molecule has 0 aliphatic carbocycles. The Hall–Kier alpha value is -1.81. The first kappa shape index (κ1) is 12.6. The van der Waals surface area contributed by atoms with Crippen molar-refractivity contribution in [1.29, 1.82) is 0 Å². The lowest BCUT2D eigenvalue weighted by Gasteiger charge is -2.18. The van der Waals surface area contributed by atoms with Crippen molar-refractivity contribution in [1.82, 2.24) is 14.9 Å². The van der Waals surface area contributed by atoms with Crippen molar-refractivity contribution in [3.63, 3.8) is 0 Å². The first-order valence-electron chi connectivity index (χ1n) is 5.71. The number of halogens is 1. The Morgan fingerprint density at radius 3 is 2.78 bits per heavy atom. The Morgan fingerprint density at radius 1 is 1.39 bits per heavy atom. The van der Waals surface area contributed by atoms with Crippen LogP contribution in [0.2, 0.25) is 5.02 Å². The third-order valence-electron chi connectivity index (χ3n) is 2.78. The van der Waals surface area contributed by atoms with Crippen molar-refractivity contribution in [3.05, 3.63) is 53.6 Å². The number of amides is 1. The summed E-state index contributed by atoms with van der Waals surface area (Å²) in [5.74, 6) is 0. The summed E-state index contributed by atoms with van der Waals surface area (Å²) in [4.78, 5) is 14.4. The van der Waals surface area contributed by atoms with Crippen LogP contribution in [0.3, 0.4) is 0 Å². The molecule has 0 bridgehead atoms. The second-order valence-corrected chi connectivity index (χ2v) is 4.37. The summed E-state index contributed by atoms with van der Waals surface area (Å²) in [6, 6.07) is 7.88. The van der Waals surface area contributed by atoms with Gasteiger partial charge in [-0.25, -0.2) is 4.98 Å². The molecule has 1 N–H and O–H groups in total. The number of hydrogen-bond donors (Lipinski definition) is 1. The summed E-state index contributed by atoms with van der Waals surface area (Å²) >= 11 is 5.89. The zero-order valence-corrected chi connectivity index (χ0v) is 10.5. The van der Waals surface area contributed by atoms with Gasteiger partial charge in [-0.05, 0) is 24.1 Å². The van der Waals surface area contributed by atoms with Crippen LogP contribution in [0.4, 0.5) is 0 Å². The van der Waals surface area contributed by atoms with E-state index in [2.05, 4.69) is 10.3 Å². The first-order chi connectivity index (χ1) is 8.81. The predicted molar refractivity (Wildman–Crippen MR) is 70.5 cm³/mol. The molecule has 1 aromatic carbocycles. The highest BCUT2D eigenvalue weighted by Gasteiger charge is 2.12. The maximum absolute atomic E-state index is 10.3. The van der Waals surface area contributed by atoms with E-state index in [1.54, 1.807) is 12.5 Å². The van der Waals surface area contributed by atoms with Gasteiger partial charge in [0.1, 0.15) is 0 Å². The molecule has 1 atom stereocenters. The molecule has 2 aromatic rings. The average Bonchev–Trinajstić information content (AvgIpc) is 2.90. The number of carbonyl (C=O) groups excluding carboxylic acids is 1. The van der Waals surface area contributed by atoms with Gasteiger partial charge in [0.25, 0.3) is 0 Å². The Morgan fingerprint density at radius 2 is 2.17 bits per heavy atom. The second kappa shape index (κ2) is 6.21. The van der Waals surface area contributed by atoms with Crippen LogP contribution < -0.4 is 5.32 Å². The van der Waals surface area contributed by atoms with Crippen LogP contribution in [0.5, 0.6) is 0 Å². The van der Waals surface area contributed by atoms with Gasteiger partial charge in [0, 0.05) is 24.0 Å². The molecule has 0 radical (unpaired) electrons. The van der Waals surface area contributed by atoms with Gasteiger partial charge < -0.3 is 9.88 Å². The van der Waals surface area contributed by atoms with Gasteiger partial charge in [0.05, 0.1) is 12.4 Å². The van der Waals surface area contributed by atoms with Crippen LogP contribution >= 0.6 is 11.6 Å². The number of benzene rings is 1. The van der Waals surface area contributed by atoms with Crippen LogP contribution in [-0.2, 0) is 4.79 Å². The van der Waals surface area contributed by atoms with Crippen molar-refractivity contribution in [2.75, 3.05) is 6.54 Å². The van der Waals surface area contributed by atoms with Gasteiger partial charge in [-0.1, -0.05) is 23.7 Å². The zero-order valence-electron chi connectivity index (χ0n) is 9.79. The van der Waals surface area contributed by atoms with Crippen LogP contribution in [0.15, 0.2) is 43.0 Å². The number of carbonyl (C=O) groups is 1. The van der Waals surface area contributed by atoms with E-state index < -0.39 is 0 Å². The number of rotatable bonds is 6. The van der Waals surface area contributed by atoms with Gasteiger partial charge in [0.2, 0.25) is 6.41 Å². The monoisotopic (exact) mass is 263 g/mol. The van der Waals surface area contributed by atoms with Gasteiger partial charge >= 0.3 is 0 Å². The van der Waals surface area contributed by atoms with Crippen LogP contribution in [-0.4, -0.2) is 22.5 Å². The minimum absolute atomic E-state index is 0.150. The average molecular weight is 264 g/mol. The fraction of sp³-hybridized carbons (Fsp3) is 0.231. The van der Waals surface area contributed by atoms with E-state index in [1.165, 1.54) is 0 Å². The van der Waals surface area contributed by atoms with Crippen LogP contribution in [0.1, 0.15) is 18.0 Å². The molecule has 1 unspecified atom stereocenters. The van der Waals surface area contributed by atoms with E-state index in [-0.39, 0.29) is 6.04 Å². The predicted octanol–water partition coefficient (Wildman–Crippen LogP) is 2.26. The lowest BCUT2D eigenvalue weighted by molar-refractivity contribution is -0.109.